The van der Waals surface area contributed by atoms with Crippen LogP contribution < -0.4 is 24.8 Å². The average molecular weight is 663 g/mol. The summed E-state index contributed by atoms with van der Waals surface area (Å²) in [6.45, 7) is 7.24. The van der Waals surface area contributed by atoms with Gasteiger partial charge in [-0.3, -0.25) is 9.69 Å². The zero-order chi connectivity index (χ0) is 31.9. The van der Waals surface area contributed by atoms with Crippen LogP contribution in [0.25, 0.3) is 0 Å². The van der Waals surface area contributed by atoms with Gasteiger partial charge in [0.25, 0.3) is 0 Å². The maximum Gasteiger partial charge on any atom is 0.236 e. The first kappa shape index (κ1) is 31.9. The van der Waals surface area contributed by atoms with Crippen LogP contribution in [0.4, 0.5) is 5.69 Å². The van der Waals surface area contributed by atoms with Gasteiger partial charge in [-0.05, 0) is 72.5 Å². The Balaban J connectivity index is 0.885. The van der Waals surface area contributed by atoms with Crippen molar-refractivity contribution >= 4 is 34.8 Å². The smallest absolute Gasteiger partial charge is 0.236 e. The Kier molecular flexibility index (Phi) is 10.4. The molecule has 0 aliphatic carbocycles. The molecule has 11 heteroatoms. The number of nitrogens with zero attached hydrogens (tertiary/aromatic N) is 3. The molecule has 2 N–H and O–H groups in total. The van der Waals surface area contributed by atoms with Crippen molar-refractivity contribution in [2.24, 2.45) is 0 Å². The number of amides is 1. The number of aromatic nitrogens is 1. The average Bonchev–Trinajstić information content (AvgIpc) is 3.53. The van der Waals surface area contributed by atoms with E-state index in [-0.39, 0.29) is 18.7 Å². The van der Waals surface area contributed by atoms with Crippen molar-refractivity contribution in [3.05, 3.63) is 106 Å². The van der Waals surface area contributed by atoms with Gasteiger partial charge in [0.15, 0.2) is 11.5 Å². The molecule has 240 valence electrons. The van der Waals surface area contributed by atoms with Crippen molar-refractivity contribution in [3.8, 4) is 23.1 Å². The molecule has 2 aliphatic heterocycles. The minimum atomic E-state index is 0.121. The Labute approximate surface area is 279 Å². The van der Waals surface area contributed by atoms with Gasteiger partial charge in [-0.25, -0.2) is 4.98 Å². The molecule has 1 atom stereocenters. The molecule has 0 saturated carbocycles. The van der Waals surface area contributed by atoms with Crippen LogP contribution in [0.2, 0.25) is 10.0 Å². The highest BCUT2D eigenvalue weighted by Crippen LogP contribution is 2.33. The van der Waals surface area contributed by atoms with E-state index in [9.17, 15) is 4.79 Å². The number of carbonyl (C=O) groups excluding carboxylic acids is 1. The SMILES string of the molecule is CC(Cc1ccc(Cl)c(Cl)c1)Nc1ccc(Oc2ccc(CNCC(=O)N3CCN(Cc4ccc5c(c4)OCO5)CC3)cc2)nc1. The fraction of sp³-hybridized carbons (Fsp3) is 0.314. The predicted molar refractivity (Wildman–Crippen MR) is 180 cm³/mol. The number of halogens is 2. The molecule has 0 radical (unpaired) electrons. The minimum Gasteiger partial charge on any atom is -0.454 e. The van der Waals surface area contributed by atoms with Gasteiger partial charge in [0.2, 0.25) is 18.6 Å². The zero-order valence-corrected chi connectivity index (χ0v) is 27.2. The van der Waals surface area contributed by atoms with Crippen LogP contribution in [0.5, 0.6) is 23.1 Å². The lowest BCUT2D eigenvalue weighted by molar-refractivity contribution is -0.132. The second kappa shape index (κ2) is 15.0. The number of hydrogen-bond donors (Lipinski definition) is 2. The van der Waals surface area contributed by atoms with Crippen LogP contribution in [0, 0.1) is 0 Å². The van der Waals surface area contributed by atoms with E-state index in [0.717, 1.165) is 67.5 Å². The van der Waals surface area contributed by atoms with Crippen LogP contribution in [0.3, 0.4) is 0 Å². The molecule has 0 bridgehead atoms. The maximum absolute atomic E-state index is 12.8. The number of benzene rings is 3. The lowest BCUT2D eigenvalue weighted by Crippen LogP contribution is -2.50. The molecule has 46 heavy (non-hydrogen) atoms. The Morgan fingerprint density at radius 1 is 0.891 bits per heavy atom. The third-order valence-corrected chi connectivity index (χ3v) is 8.73. The van der Waals surface area contributed by atoms with Crippen LogP contribution in [-0.2, 0) is 24.3 Å². The quantitative estimate of drug-likeness (QED) is 0.181. The Morgan fingerprint density at radius 3 is 2.41 bits per heavy atom. The summed E-state index contributed by atoms with van der Waals surface area (Å²) < 4.78 is 16.8. The maximum atomic E-state index is 12.8. The topological polar surface area (TPSA) is 88.2 Å². The molecule has 4 aromatic rings. The van der Waals surface area contributed by atoms with Crippen LogP contribution >= 0.6 is 23.2 Å². The highest BCUT2D eigenvalue weighted by molar-refractivity contribution is 6.42. The molecule has 1 fully saturated rings. The standard InChI is InChI=1S/C35H37Cl2N5O4/c1-24(16-26-4-9-30(36)31(37)17-26)40-28-6-11-34(39-20-28)46-29-7-2-25(3-8-29)19-38-21-35(43)42-14-12-41(13-15-42)22-27-5-10-32-33(18-27)45-23-44-32/h2-11,17-18,20,24,38,40H,12-16,19,21-23H2,1H3. The summed E-state index contributed by atoms with van der Waals surface area (Å²) in [4.78, 5) is 21.5. The van der Waals surface area contributed by atoms with Crippen molar-refractivity contribution in [1.82, 2.24) is 20.1 Å². The molecule has 6 rings (SSSR count). The van der Waals surface area contributed by atoms with E-state index in [1.807, 2.05) is 71.6 Å². The molecule has 1 amide bonds. The van der Waals surface area contributed by atoms with Crippen LogP contribution in [0.15, 0.2) is 79.0 Å². The number of nitrogens with one attached hydrogen (secondary N) is 2. The van der Waals surface area contributed by atoms with E-state index in [1.54, 1.807) is 6.20 Å². The second-order valence-electron chi connectivity index (χ2n) is 11.6. The number of piperazine rings is 1. The normalized spacial score (nSPS) is 15.1. The molecule has 9 nitrogen and oxygen atoms in total. The molecule has 3 aromatic carbocycles. The highest BCUT2D eigenvalue weighted by Gasteiger charge is 2.22. The van der Waals surface area contributed by atoms with Gasteiger partial charge in [0, 0.05) is 51.4 Å². The first-order valence-corrected chi connectivity index (χ1v) is 16.2. The Bertz CT molecular complexity index is 1630. The number of hydrogen-bond acceptors (Lipinski definition) is 8. The fourth-order valence-electron chi connectivity index (χ4n) is 5.56. The predicted octanol–water partition coefficient (Wildman–Crippen LogP) is 6.39. The molecule has 1 aromatic heterocycles. The van der Waals surface area contributed by atoms with E-state index in [2.05, 4.69) is 33.5 Å². The summed E-state index contributed by atoms with van der Waals surface area (Å²) in [6, 6.07) is 23.5. The molecular weight excluding hydrogens is 625 g/mol. The fourth-order valence-corrected chi connectivity index (χ4v) is 5.88. The molecule has 1 unspecified atom stereocenters. The van der Waals surface area contributed by atoms with Crippen molar-refractivity contribution in [1.29, 1.82) is 0 Å². The van der Waals surface area contributed by atoms with Crippen LogP contribution in [-0.4, -0.2) is 66.2 Å². The van der Waals surface area contributed by atoms with E-state index in [4.69, 9.17) is 37.4 Å². The lowest BCUT2D eigenvalue weighted by atomic mass is 10.1. The molecule has 1 saturated heterocycles. The molecule has 2 aliphatic rings. The second-order valence-corrected chi connectivity index (χ2v) is 12.4. The largest absolute Gasteiger partial charge is 0.454 e. The Hall–Kier alpha value is -4.02. The van der Waals surface area contributed by atoms with Crippen molar-refractivity contribution in [2.45, 2.75) is 32.5 Å². The number of carbonyl (C=O) groups is 1. The van der Waals surface area contributed by atoms with Gasteiger partial charge in [0.1, 0.15) is 5.75 Å². The summed E-state index contributed by atoms with van der Waals surface area (Å²) in [6.07, 6.45) is 2.56. The van der Waals surface area contributed by atoms with E-state index < -0.39 is 0 Å². The number of rotatable bonds is 12. The van der Waals surface area contributed by atoms with Gasteiger partial charge in [-0.15, -0.1) is 0 Å². The number of anilines is 1. The number of fused-ring (bicyclic) bond motifs is 1. The van der Waals surface area contributed by atoms with Gasteiger partial charge < -0.3 is 29.7 Å². The third kappa shape index (κ3) is 8.61. The molecule has 0 spiro atoms. The zero-order valence-electron chi connectivity index (χ0n) is 25.7. The van der Waals surface area contributed by atoms with Gasteiger partial charge in [0.05, 0.1) is 28.5 Å². The summed E-state index contributed by atoms with van der Waals surface area (Å²) in [5.41, 5.74) is 4.26. The van der Waals surface area contributed by atoms with Gasteiger partial charge in [-0.1, -0.05) is 47.5 Å². The summed E-state index contributed by atoms with van der Waals surface area (Å²) in [5, 5.41) is 7.85. The number of pyridine rings is 1. The monoisotopic (exact) mass is 661 g/mol. The lowest BCUT2D eigenvalue weighted by Gasteiger charge is -2.34. The van der Waals surface area contributed by atoms with E-state index in [1.165, 1.54) is 5.56 Å². The summed E-state index contributed by atoms with van der Waals surface area (Å²) >= 11 is 12.2. The summed E-state index contributed by atoms with van der Waals surface area (Å²) in [5.74, 6) is 2.93. The van der Waals surface area contributed by atoms with E-state index >= 15 is 0 Å². The first-order chi connectivity index (χ1) is 22.4. The third-order valence-electron chi connectivity index (χ3n) is 7.99. The van der Waals surface area contributed by atoms with Gasteiger partial charge >= 0.3 is 0 Å². The van der Waals surface area contributed by atoms with Crippen molar-refractivity contribution in [2.75, 3.05) is 44.8 Å². The summed E-state index contributed by atoms with van der Waals surface area (Å²) in [7, 11) is 0. The van der Waals surface area contributed by atoms with E-state index in [0.29, 0.717) is 34.8 Å². The van der Waals surface area contributed by atoms with Gasteiger partial charge in [-0.2, -0.15) is 0 Å². The van der Waals surface area contributed by atoms with Crippen molar-refractivity contribution < 1.29 is 19.0 Å². The molecular formula is C35H37Cl2N5O4. The Morgan fingerprint density at radius 2 is 1.65 bits per heavy atom. The molecule has 3 heterocycles. The first-order valence-electron chi connectivity index (χ1n) is 15.4. The minimum absolute atomic E-state index is 0.121. The van der Waals surface area contributed by atoms with Crippen LogP contribution in [0.1, 0.15) is 23.6 Å². The number of ether oxygens (including phenoxy) is 3. The highest BCUT2D eigenvalue weighted by atomic mass is 35.5. The van der Waals surface area contributed by atoms with Crippen molar-refractivity contribution in [3.63, 3.8) is 0 Å².